The van der Waals surface area contributed by atoms with E-state index in [0.29, 0.717) is 0 Å². The summed E-state index contributed by atoms with van der Waals surface area (Å²) >= 11 is 0.881. The summed E-state index contributed by atoms with van der Waals surface area (Å²) in [6, 6.07) is 15.1. The molecule has 2 amide bonds. The van der Waals surface area contributed by atoms with Gasteiger partial charge in [-0.25, -0.2) is 9.59 Å². The number of nitrogens with two attached hydrogens (primary N) is 1. The molecule has 9 nitrogen and oxygen atoms in total. The largest absolute Gasteiger partial charge is 0.462 e. The quantitative estimate of drug-likeness (QED) is 0.393. The van der Waals surface area contributed by atoms with Crippen LogP contribution in [0.3, 0.4) is 0 Å². The average molecular weight is 490 g/mol. The monoisotopic (exact) mass is 489 g/mol. The average Bonchev–Trinajstić information content (AvgIpc) is 3.31. The Labute approximate surface area is 204 Å². The minimum Gasteiger partial charge on any atom is -0.462 e. The lowest BCUT2D eigenvalue weighted by Crippen LogP contribution is -2.29. The summed E-state index contributed by atoms with van der Waals surface area (Å²) in [5, 5.41) is 9.52. The van der Waals surface area contributed by atoms with Crippen molar-refractivity contribution < 1.29 is 28.7 Å². The van der Waals surface area contributed by atoms with Gasteiger partial charge in [-0.05, 0) is 30.7 Å². The van der Waals surface area contributed by atoms with Crippen LogP contribution in [-0.4, -0.2) is 35.3 Å². The summed E-state index contributed by atoms with van der Waals surface area (Å²) in [6.45, 7) is 1.48. The number of hydrogen-bond donors (Lipinski definition) is 1. The second kappa shape index (κ2) is 9.79. The van der Waals surface area contributed by atoms with Gasteiger partial charge in [-0.15, -0.1) is 11.3 Å². The van der Waals surface area contributed by atoms with Crippen molar-refractivity contribution in [2.75, 3.05) is 12.3 Å². The Hall–Kier alpha value is -4.49. The first-order chi connectivity index (χ1) is 16.8. The highest BCUT2D eigenvalue weighted by Gasteiger charge is 2.36. The van der Waals surface area contributed by atoms with Gasteiger partial charge in [0.15, 0.2) is 0 Å². The molecule has 0 saturated heterocycles. The van der Waals surface area contributed by atoms with Crippen molar-refractivity contribution in [3.05, 3.63) is 86.8 Å². The molecule has 3 aromatic rings. The number of imide groups is 1. The zero-order valence-electron chi connectivity index (χ0n) is 18.6. The van der Waals surface area contributed by atoms with Gasteiger partial charge in [0.2, 0.25) is 0 Å². The van der Waals surface area contributed by atoms with Crippen molar-refractivity contribution in [2.45, 2.75) is 20.1 Å². The van der Waals surface area contributed by atoms with Crippen molar-refractivity contribution in [1.82, 2.24) is 4.90 Å². The number of nitrogens with zero attached hydrogens (tertiary/aromatic N) is 2. The maximum Gasteiger partial charge on any atom is 0.348 e. The second-order valence-corrected chi connectivity index (χ2v) is 8.55. The standard InChI is InChI=1S/C25H19N3O6S/c1-2-33-25(32)20-19(18(11-26)21(27)35-20)13-34-24(31)15-8-9-16-17(10-15)23(30)28(22(16)29)12-14-6-4-3-5-7-14/h3-10H,2,12-13,27H2,1H3. The Morgan fingerprint density at radius 1 is 1.03 bits per heavy atom. The Morgan fingerprint density at radius 2 is 1.74 bits per heavy atom. The third kappa shape index (κ3) is 4.49. The van der Waals surface area contributed by atoms with Gasteiger partial charge in [0.05, 0.1) is 35.4 Å². The number of nitriles is 1. The molecule has 0 aliphatic carbocycles. The zero-order chi connectivity index (χ0) is 25.1. The van der Waals surface area contributed by atoms with Gasteiger partial charge >= 0.3 is 11.9 Å². The number of carbonyl (C=O) groups excluding carboxylic acids is 4. The highest BCUT2D eigenvalue weighted by Crippen LogP contribution is 2.32. The van der Waals surface area contributed by atoms with Gasteiger partial charge < -0.3 is 15.2 Å². The molecule has 0 unspecified atom stereocenters. The number of thiophene rings is 1. The maximum absolute atomic E-state index is 12.9. The first-order valence-corrected chi connectivity index (χ1v) is 11.4. The molecule has 2 heterocycles. The van der Waals surface area contributed by atoms with Crippen LogP contribution < -0.4 is 5.73 Å². The number of ether oxygens (including phenoxy) is 2. The molecule has 0 atom stereocenters. The number of amides is 2. The molecule has 0 spiro atoms. The van der Waals surface area contributed by atoms with Crippen LogP contribution in [0.5, 0.6) is 0 Å². The lowest BCUT2D eigenvalue weighted by atomic mass is 10.1. The second-order valence-electron chi connectivity index (χ2n) is 7.50. The summed E-state index contributed by atoms with van der Waals surface area (Å²) in [6.07, 6.45) is 0. The molecule has 1 aliphatic heterocycles. The first kappa shape index (κ1) is 23.7. The topological polar surface area (TPSA) is 140 Å². The van der Waals surface area contributed by atoms with E-state index in [-0.39, 0.29) is 50.8 Å². The molecule has 0 fully saturated rings. The molecule has 176 valence electrons. The van der Waals surface area contributed by atoms with Crippen LogP contribution in [0.1, 0.15) is 64.4 Å². The van der Waals surface area contributed by atoms with Crippen molar-refractivity contribution in [3.63, 3.8) is 0 Å². The van der Waals surface area contributed by atoms with E-state index in [9.17, 15) is 24.4 Å². The fraction of sp³-hybridized carbons (Fsp3) is 0.160. The number of nitrogen functional groups attached to an aromatic ring is 1. The number of benzene rings is 2. The molecular formula is C25H19N3O6S. The van der Waals surface area contributed by atoms with Crippen LogP contribution in [0.4, 0.5) is 5.00 Å². The smallest absolute Gasteiger partial charge is 0.348 e. The highest BCUT2D eigenvalue weighted by atomic mass is 32.1. The lowest BCUT2D eigenvalue weighted by Gasteiger charge is -2.13. The number of fused-ring (bicyclic) bond motifs is 1. The van der Waals surface area contributed by atoms with E-state index in [2.05, 4.69) is 0 Å². The first-order valence-electron chi connectivity index (χ1n) is 10.5. The molecule has 35 heavy (non-hydrogen) atoms. The summed E-state index contributed by atoms with van der Waals surface area (Å²) in [4.78, 5) is 51.8. The summed E-state index contributed by atoms with van der Waals surface area (Å²) in [5.74, 6) is -2.42. The van der Waals surface area contributed by atoms with Crippen LogP contribution >= 0.6 is 11.3 Å². The van der Waals surface area contributed by atoms with Crippen LogP contribution in [0.25, 0.3) is 0 Å². The third-order valence-electron chi connectivity index (χ3n) is 5.34. The molecule has 1 aromatic heterocycles. The summed E-state index contributed by atoms with van der Waals surface area (Å²) in [7, 11) is 0. The molecule has 10 heteroatoms. The van der Waals surface area contributed by atoms with Crippen molar-refractivity contribution >= 4 is 40.1 Å². The molecule has 0 saturated carbocycles. The summed E-state index contributed by atoms with van der Waals surface area (Å²) in [5.41, 5.74) is 7.17. The highest BCUT2D eigenvalue weighted by molar-refractivity contribution is 7.18. The van der Waals surface area contributed by atoms with Gasteiger partial charge in [0, 0.05) is 5.56 Å². The fourth-order valence-corrected chi connectivity index (χ4v) is 4.57. The van der Waals surface area contributed by atoms with E-state index in [0.717, 1.165) is 21.8 Å². The van der Waals surface area contributed by atoms with E-state index < -0.39 is 30.4 Å². The maximum atomic E-state index is 12.9. The van der Waals surface area contributed by atoms with E-state index in [4.69, 9.17) is 15.2 Å². The van der Waals surface area contributed by atoms with Crippen LogP contribution in [0.2, 0.25) is 0 Å². The Morgan fingerprint density at radius 3 is 2.43 bits per heavy atom. The number of rotatable bonds is 7. The number of anilines is 1. The van der Waals surface area contributed by atoms with Crippen molar-refractivity contribution in [3.8, 4) is 6.07 Å². The molecular weight excluding hydrogens is 470 g/mol. The lowest BCUT2D eigenvalue weighted by molar-refractivity contribution is 0.0452. The Kier molecular flexibility index (Phi) is 6.62. The van der Waals surface area contributed by atoms with Gasteiger partial charge in [0.1, 0.15) is 22.6 Å². The normalized spacial score (nSPS) is 12.3. The number of esters is 2. The van der Waals surface area contributed by atoms with Crippen LogP contribution in [0.15, 0.2) is 48.5 Å². The predicted molar refractivity (Wildman–Crippen MR) is 126 cm³/mol. The molecule has 0 bridgehead atoms. The van der Waals surface area contributed by atoms with Crippen LogP contribution in [-0.2, 0) is 22.6 Å². The van der Waals surface area contributed by atoms with Gasteiger partial charge in [-0.1, -0.05) is 30.3 Å². The number of carbonyl (C=O) groups is 4. The predicted octanol–water partition coefficient (Wildman–Crippen LogP) is 3.53. The minimum atomic E-state index is -0.793. The fourth-order valence-electron chi connectivity index (χ4n) is 3.65. The SMILES string of the molecule is CCOC(=O)c1sc(N)c(C#N)c1COC(=O)c1ccc2c(c1)C(=O)N(Cc1ccccc1)C2=O. The Bertz CT molecular complexity index is 1390. The molecule has 4 rings (SSSR count). The van der Waals surface area contributed by atoms with E-state index in [1.54, 1.807) is 6.92 Å². The van der Waals surface area contributed by atoms with Gasteiger partial charge in [0.25, 0.3) is 11.8 Å². The van der Waals surface area contributed by atoms with Crippen molar-refractivity contribution in [2.24, 2.45) is 0 Å². The zero-order valence-corrected chi connectivity index (χ0v) is 19.4. The van der Waals surface area contributed by atoms with Crippen LogP contribution in [0, 0.1) is 11.3 Å². The number of hydrogen-bond acceptors (Lipinski definition) is 9. The van der Waals surface area contributed by atoms with Crippen molar-refractivity contribution in [1.29, 1.82) is 5.26 Å². The molecule has 1 aliphatic rings. The third-order valence-corrected chi connectivity index (χ3v) is 6.39. The molecule has 2 N–H and O–H groups in total. The minimum absolute atomic E-state index is 0.0390. The van der Waals surface area contributed by atoms with E-state index >= 15 is 0 Å². The van der Waals surface area contributed by atoms with E-state index in [1.807, 2.05) is 36.4 Å². The van der Waals surface area contributed by atoms with Gasteiger partial charge in [-0.3, -0.25) is 14.5 Å². The van der Waals surface area contributed by atoms with E-state index in [1.165, 1.54) is 18.2 Å². The van der Waals surface area contributed by atoms with Gasteiger partial charge in [-0.2, -0.15) is 5.26 Å². The molecule has 0 radical (unpaired) electrons. The summed E-state index contributed by atoms with van der Waals surface area (Å²) < 4.78 is 10.3. The molecule has 2 aromatic carbocycles. The Balaban J connectivity index is 1.53.